The molecule has 1 saturated heterocycles. The van der Waals surface area contributed by atoms with E-state index in [1.54, 1.807) is 54.6 Å². The standard InChI is InChI=1S/C24H29NO6S/c1-17-12-14-22(15-13-17)32(28,29)25-18(2)8-7-11-21(25)16-30-24(27)23(31-19(3)26)20-9-5-4-6-10-20/h4-6,9-10,12-15,18,21,23H,7-8,11,16H2,1-3H3/t18-,21-,23-/m1/s1. The van der Waals surface area contributed by atoms with Crippen LogP contribution in [-0.4, -0.2) is 43.4 Å². The molecule has 7 nitrogen and oxygen atoms in total. The highest BCUT2D eigenvalue weighted by Gasteiger charge is 2.39. The number of piperidine rings is 1. The van der Waals surface area contributed by atoms with Gasteiger partial charge in [-0.2, -0.15) is 4.31 Å². The number of aryl methyl sites for hydroxylation is 1. The molecule has 2 aromatic carbocycles. The van der Waals surface area contributed by atoms with Crippen LogP contribution in [0.5, 0.6) is 0 Å². The summed E-state index contributed by atoms with van der Waals surface area (Å²) in [6.45, 7) is 4.88. The summed E-state index contributed by atoms with van der Waals surface area (Å²) in [6, 6.07) is 14.6. The van der Waals surface area contributed by atoms with Gasteiger partial charge in [-0.25, -0.2) is 13.2 Å². The van der Waals surface area contributed by atoms with Crippen molar-refractivity contribution in [2.45, 2.75) is 63.1 Å². The van der Waals surface area contributed by atoms with E-state index >= 15 is 0 Å². The van der Waals surface area contributed by atoms with Gasteiger partial charge in [-0.3, -0.25) is 4.79 Å². The molecule has 3 atom stereocenters. The van der Waals surface area contributed by atoms with Crippen molar-refractivity contribution in [2.75, 3.05) is 6.61 Å². The minimum Gasteiger partial charge on any atom is -0.461 e. The van der Waals surface area contributed by atoms with E-state index in [9.17, 15) is 18.0 Å². The van der Waals surface area contributed by atoms with Gasteiger partial charge in [0.05, 0.1) is 10.9 Å². The fourth-order valence-corrected chi connectivity index (χ4v) is 5.85. The van der Waals surface area contributed by atoms with Crippen LogP contribution in [0.4, 0.5) is 0 Å². The highest BCUT2D eigenvalue weighted by molar-refractivity contribution is 7.89. The van der Waals surface area contributed by atoms with Crippen LogP contribution in [0.2, 0.25) is 0 Å². The van der Waals surface area contributed by atoms with Gasteiger partial charge < -0.3 is 9.47 Å². The topological polar surface area (TPSA) is 90.0 Å². The summed E-state index contributed by atoms with van der Waals surface area (Å²) in [5, 5.41) is 0. The largest absolute Gasteiger partial charge is 0.461 e. The van der Waals surface area contributed by atoms with E-state index in [0.717, 1.165) is 18.4 Å². The van der Waals surface area contributed by atoms with Crippen LogP contribution in [0.15, 0.2) is 59.5 Å². The fraction of sp³-hybridized carbons (Fsp3) is 0.417. The number of carbonyl (C=O) groups excluding carboxylic acids is 2. The molecule has 0 saturated carbocycles. The molecule has 0 bridgehead atoms. The lowest BCUT2D eigenvalue weighted by Crippen LogP contribution is -2.51. The molecule has 1 aliphatic rings. The van der Waals surface area contributed by atoms with Crippen LogP contribution < -0.4 is 0 Å². The Hall–Kier alpha value is -2.71. The maximum absolute atomic E-state index is 13.4. The Morgan fingerprint density at radius 1 is 1.06 bits per heavy atom. The van der Waals surface area contributed by atoms with Crippen molar-refractivity contribution in [3.8, 4) is 0 Å². The molecule has 3 rings (SSSR count). The number of hydrogen-bond acceptors (Lipinski definition) is 6. The van der Waals surface area contributed by atoms with Gasteiger partial charge in [0, 0.05) is 18.5 Å². The number of carbonyl (C=O) groups is 2. The lowest BCUT2D eigenvalue weighted by atomic mass is 10.00. The average molecular weight is 460 g/mol. The van der Waals surface area contributed by atoms with Crippen molar-refractivity contribution >= 4 is 22.0 Å². The zero-order valence-electron chi connectivity index (χ0n) is 18.6. The zero-order chi connectivity index (χ0) is 23.3. The van der Waals surface area contributed by atoms with Gasteiger partial charge >= 0.3 is 11.9 Å². The van der Waals surface area contributed by atoms with Crippen molar-refractivity contribution in [1.29, 1.82) is 0 Å². The smallest absolute Gasteiger partial charge is 0.352 e. The quantitative estimate of drug-likeness (QED) is 0.586. The SMILES string of the molecule is CC(=O)O[C@@H](C(=O)OC[C@H]1CCC[C@@H](C)N1S(=O)(=O)c1ccc(C)cc1)c1ccccc1. The van der Waals surface area contributed by atoms with Gasteiger partial charge in [0.15, 0.2) is 0 Å². The summed E-state index contributed by atoms with van der Waals surface area (Å²) in [7, 11) is -3.76. The number of benzene rings is 2. The third-order valence-corrected chi connectivity index (χ3v) is 7.65. The molecule has 1 fully saturated rings. The van der Waals surface area contributed by atoms with Crippen LogP contribution >= 0.6 is 0 Å². The van der Waals surface area contributed by atoms with Crippen LogP contribution in [0.25, 0.3) is 0 Å². The molecule has 0 aliphatic carbocycles. The van der Waals surface area contributed by atoms with Crippen LogP contribution in [0.3, 0.4) is 0 Å². The van der Waals surface area contributed by atoms with Gasteiger partial charge in [0.25, 0.3) is 0 Å². The minimum atomic E-state index is -3.76. The Kier molecular flexibility index (Phi) is 7.69. The van der Waals surface area contributed by atoms with Crippen molar-refractivity contribution in [3.63, 3.8) is 0 Å². The zero-order valence-corrected chi connectivity index (χ0v) is 19.4. The van der Waals surface area contributed by atoms with Crippen molar-refractivity contribution in [3.05, 3.63) is 65.7 Å². The van der Waals surface area contributed by atoms with Gasteiger partial charge in [-0.1, -0.05) is 54.4 Å². The molecule has 32 heavy (non-hydrogen) atoms. The number of sulfonamides is 1. The lowest BCUT2D eigenvalue weighted by molar-refractivity contribution is -0.168. The molecule has 1 heterocycles. The Bertz CT molecular complexity index is 1040. The Labute approximate surface area is 189 Å². The molecular weight excluding hydrogens is 430 g/mol. The van der Waals surface area contributed by atoms with Gasteiger partial charge in [0.1, 0.15) is 6.61 Å². The van der Waals surface area contributed by atoms with Gasteiger partial charge in [-0.15, -0.1) is 0 Å². The molecule has 0 unspecified atom stereocenters. The first-order chi connectivity index (χ1) is 15.2. The molecule has 2 aromatic rings. The highest BCUT2D eigenvalue weighted by Crippen LogP contribution is 2.30. The molecule has 172 valence electrons. The van der Waals surface area contributed by atoms with E-state index in [2.05, 4.69) is 0 Å². The summed E-state index contributed by atoms with van der Waals surface area (Å²) in [5.74, 6) is -1.33. The second kappa shape index (κ2) is 10.3. The summed E-state index contributed by atoms with van der Waals surface area (Å²) in [4.78, 5) is 24.5. The first-order valence-electron chi connectivity index (χ1n) is 10.7. The molecule has 0 spiro atoms. The lowest BCUT2D eigenvalue weighted by Gasteiger charge is -2.39. The van der Waals surface area contributed by atoms with Crippen LogP contribution in [-0.2, 0) is 29.1 Å². The number of hydrogen-bond donors (Lipinski definition) is 0. The molecule has 0 N–H and O–H groups in total. The van der Waals surface area contributed by atoms with E-state index in [-0.39, 0.29) is 17.5 Å². The summed E-state index contributed by atoms with van der Waals surface area (Å²) >= 11 is 0. The van der Waals surface area contributed by atoms with E-state index in [4.69, 9.17) is 9.47 Å². The second-order valence-electron chi connectivity index (χ2n) is 8.11. The third kappa shape index (κ3) is 5.55. The summed E-state index contributed by atoms with van der Waals surface area (Å²) in [6.07, 6.45) is 0.939. The van der Waals surface area contributed by atoms with E-state index in [1.807, 2.05) is 13.8 Å². The minimum absolute atomic E-state index is 0.112. The molecule has 1 aliphatic heterocycles. The second-order valence-corrected chi connectivity index (χ2v) is 9.96. The van der Waals surface area contributed by atoms with Crippen LogP contribution in [0, 0.1) is 6.92 Å². The molecule has 0 aromatic heterocycles. The number of ether oxygens (including phenoxy) is 2. The molecule has 8 heteroatoms. The predicted octanol–water partition coefficient (Wildman–Crippen LogP) is 3.77. The van der Waals surface area contributed by atoms with Gasteiger partial charge in [-0.05, 0) is 38.8 Å². The Morgan fingerprint density at radius 3 is 2.34 bits per heavy atom. The maximum atomic E-state index is 13.4. The number of esters is 2. The highest BCUT2D eigenvalue weighted by atomic mass is 32.2. The number of nitrogens with zero attached hydrogens (tertiary/aromatic N) is 1. The van der Waals surface area contributed by atoms with E-state index in [1.165, 1.54) is 11.2 Å². The molecule has 0 amide bonds. The van der Waals surface area contributed by atoms with E-state index < -0.39 is 34.1 Å². The van der Waals surface area contributed by atoms with Crippen molar-refractivity contribution < 1.29 is 27.5 Å². The number of rotatable bonds is 7. The van der Waals surface area contributed by atoms with Gasteiger partial charge in [0.2, 0.25) is 16.1 Å². The normalized spacial score (nSPS) is 20.3. The predicted molar refractivity (Wildman–Crippen MR) is 119 cm³/mol. The van der Waals surface area contributed by atoms with Crippen molar-refractivity contribution in [1.82, 2.24) is 4.31 Å². The fourth-order valence-electron chi connectivity index (χ4n) is 3.99. The molecular formula is C24H29NO6S. The van der Waals surface area contributed by atoms with Crippen LogP contribution in [0.1, 0.15) is 50.3 Å². The van der Waals surface area contributed by atoms with E-state index in [0.29, 0.717) is 12.0 Å². The first kappa shape index (κ1) is 23.9. The summed E-state index contributed by atoms with van der Waals surface area (Å²) < 4.78 is 38.9. The third-order valence-electron chi connectivity index (χ3n) is 5.57. The molecule has 0 radical (unpaired) electrons. The first-order valence-corrected chi connectivity index (χ1v) is 12.1. The maximum Gasteiger partial charge on any atom is 0.352 e. The Morgan fingerprint density at radius 2 is 1.72 bits per heavy atom. The van der Waals surface area contributed by atoms with Crippen molar-refractivity contribution in [2.24, 2.45) is 0 Å². The summed E-state index contributed by atoms with van der Waals surface area (Å²) in [5.41, 5.74) is 1.47. The Balaban J connectivity index is 1.78. The monoisotopic (exact) mass is 459 g/mol. The average Bonchev–Trinajstić information content (AvgIpc) is 2.76.